The van der Waals surface area contributed by atoms with Gasteiger partial charge in [-0.15, -0.1) is 0 Å². The second-order valence-corrected chi connectivity index (χ2v) is 3.63. The molecule has 0 aromatic heterocycles. The number of ether oxygens (including phenoxy) is 4. The zero-order chi connectivity index (χ0) is 13.5. The maximum atomic E-state index is 5.55. The highest BCUT2D eigenvalue weighted by molar-refractivity contribution is 5.40. The summed E-state index contributed by atoms with van der Waals surface area (Å²) in [6.45, 7) is 0. The van der Waals surface area contributed by atoms with Crippen molar-refractivity contribution in [1.29, 1.82) is 0 Å². The van der Waals surface area contributed by atoms with Gasteiger partial charge in [0.1, 0.15) is 11.5 Å². The molecule has 0 aliphatic rings. The van der Waals surface area contributed by atoms with Gasteiger partial charge in [-0.2, -0.15) is 0 Å². The zero-order valence-corrected chi connectivity index (χ0v) is 11.1. The van der Waals surface area contributed by atoms with Crippen LogP contribution in [-0.2, 0) is 9.47 Å². The van der Waals surface area contributed by atoms with E-state index in [0.29, 0.717) is 11.5 Å². The van der Waals surface area contributed by atoms with Crippen LogP contribution in [0.2, 0.25) is 0 Å². The fourth-order valence-electron chi connectivity index (χ4n) is 1.71. The van der Waals surface area contributed by atoms with Crippen LogP contribution in [0, 0.1) is 0 Å². The van der Waals surface area contributed by atoms with Crippen LogP contribution in [0.1, 0.15) is 11.6 Å². The van der Waals surface area contributed by atoms with Gasteiger partial charge >= 0.3 is 0 Å². The maximum Gasteiger partial charge on any atom is 0.177 e. The summed E-state index contributed by atoms with van der Waals surface area (Å²) >= 11 is 0. The van der Waals surface area contributed by atoms with Gasteiger partial charge in [0.2, 0.25) is 0 Å². The van der Waals surface area contributed by atoms with E-state index in [9.17, 15) is 0 Å². The summed E-state index contributed by atoms with van der Waals surface area (Å²) < 4.78 is 20.8. The second kappa shape index (κ2) is 7.17. The standard InChI is InChI=1S/C12H20N2O4/c1-15-9-5-8(6-10(7-9)16-2)11(14-13)12(17-3)18-4/h5-7,11-12,14H,13H2,1-4H3. The third kappa shape index (κ3) is 3.33. The summed E-state index contributed by atoms with van der Waals surface area (Å²) in [5.74, 6) is 6.90. The Morgan fingerprint density at radius 2 is 1.44 bits per heavy atom. The number of rotatable bonds is 7. The van der Waals surface area contributed by atoms with Gasteiger partial charge in [-0.05, 0) is 17.7 Å². The van der Waals surface area contributed by atoms with Crippen molar-refractivity contribution in [3.8, 4) is 11.5 Å². The number of hydrogen-bond donors (Lipinski definition) is 2. The van der Waals surface area contributed by atoms with Gasteiger partial charge in [-0.1, -0.05) is 0 Å². The Morgan fingerprint density at radius 1 is 0.944 bits per heavy atom. The van der Waals surface area contributed by atoms with E-state index in [2.05, 4.69) is 5.43 Å². The fraction of sp³-hybridized carbons (Fsp3) is 0.500. The Hall–Kier alpha value is -1.34. The predicted molar refractivity (Wildman–Crippen MR) is 67.4 cm³/mol. The van der Waals surface area contributed by atoms with Crippen molar-refractivity contribution in [2.45, 2.75) is 12.3 Å². The minimum absolute atomic E-state index is 0.330. The number of nitrogens with two attached hydrogens (primary N) is 1. The Labute approximate surface area is 107 Å². The summed E-state index contributed by atoms with van der Waals surface area (Å²) in [7, 11) is 6.28. The molecule has 0 amide bonds. The largest absolute Gasteiger partial charge is 0.497 e. The molecular formula is C12H20N2O4. The summed E-state index contributed by atoms with van der Waals surface area (Å²) in [6.07, 6.45) is -0.508. The molecule has 6 heteroatoms. The summed E-state index contributed by atoms with van der Waals surface area (Å²) in [5.41, 5.74) is 3.51. The smallest absolute Gasteiger partial charge is 0.177 e. The number of methoxy groups -OCH3 is 4. The minimum Gasteiger partial charge on any atom is -0.497 e. The highest BCUT2D eigenvalue weighted by atomic mass is 16.7. The van der Waals surface area contributed by atoms with Crippen molar-refractivity contribution in [1.82, 2.24) is 5.43 Å². The average Bonchev–Trinajstić information content (AvgIpc) is 2.43. The molecule has 0 heterocycles. The van der Waals surface area contributed by atoms with Crippen LogP contribution in [0.15, 0.2) is 18.2 Å². The van der Waals surface area contributed by atoms with Crippen molar-refractivity contribution in [3.63, 3.8) is 0 Å². The first-order valence-electron chi connectivity index (χ1n) is 5.44. The molecule has 0 saturated heterocycles. The number of benzene rings is 1. The monoisotopic (exact) mass is 256 g/mol. The van der Waals surface area contributed by atoms with Crippen LogP contribution in [0.25, 0.3) is 0 Å². The van der Waals surface area contributed by atoms with E-state index < -0.39 is 6.29 Å². The van der Waals surface area contributed by atoms with Crippen LogP contribution in [0.3, 0.4) is 0 Å². The molecule has 1 aromatic carbocycles. The zero-order valence-electron chi connectivity index (χ0n) is 11.1. The Balaban J connectivity index is 3.11. The van der Waals surface area contributed by atoms with Crippen molar-refractivity contribution in [2.24, 2.45) is 5.84 Å². The van der Waals surface area contributed by atoms with Gasteiger partial charge in [-0.25, -0.2) is 5.43 Å². The molecule has 0 fully saturated rings. The van der Waals surface area contributed by atoms with Crippen molar-refractivity contribution in [2.75, 3.05) is 28.4 Å². The lowest BCUT2D eigenvalue weighted by molar-refractivity contribution is -0.124. The summed E-state index contributed by atoms with van der Waals surface area (Å²) in [5, 5.41) is 0. The van der Waals surface area contributed by atoms with Crippen LogP contribution in [0.4, 0.5) is 0 Å². The lowest BCUT2D eigenvalue weighted by Gasteiger charge is -2.25. The van der Waals surface area contributed by atoms with Crippen LogP contribution in [0.5, 0.6) is 11.5 Å². The summed E-state index contributed by atoms with van der Waals surface area (Å²) in [6, 6.07) is 5.14. The first-order chi connectivity index (χ1) is 8.69. The Kier molecular flexibility index (Phi) is 5.87. The van der Waals surface area contributed by atoms with Gasteiger partial charge in [0.05, 0.1) is 20.3 Å². The molecule has 1 atom stereocenters. The molecule has 18 heavy (non-hydrogen) atoms. The van der Waals surface area contributed by atoms with Gasteiger partial charge in [0.15, 0.2) is 6.29 Å². The van der Waals surface area contributed by atoms with Gasteiger partial charge in [-0.3, -0.25) is 5.84 Å². The Morgan fingerprint density at radius 3 is 1.78 bits per heavy atom. The number of nitrogens with one attached hydrogen (secondary N) is 1. The highest BCUT2D eigenvalue weighted by Gasteiger charge is 2.22. The quantitative estimate of drug-likeness (QED) is 0.427. The molecule has 3 N–H and O–H groups in total. The third-order valence-corrected chi connectivity index (χ3v) is 2.65. The van der Waals surface area contributed by atoms with Crippen molar-refractivity contribution >= 4 is 0 Å². The normalized spacial score (nSPS) is 12.6. The molecule has 0 aliphatic carbocycles. The van der Waals surface area contributed by atoms with E-state index in [1.165, 1.54) is 0 Å². The maximum absolute atomic E-state index is 5.55. The lowest BCUT2D eigenvalue weighted by atomic mass is 10.1. The topological polar surface area (TPSA) is 75.0 Å². The molecule has 1 rings (SSSR count). The highest BCUT2D eigenvalue weighted by Crippen LogP contribution is 2.28. The van der Waals surface area contributed by atoms with Gasteiger partial charge in [0, 0.05) is 20.3 Å². The predicted octanol–water partition coefficient (Wildman–Crippen LogP) is 0.827. The first kappa shape index (κ1) is 14.7. The second-order valence-electron chi connectivity index (χ2n) is 3.63. The van der Waals surface area contributed by atoms with Crippen molar-refractivity contribution in [3.05, 3.63) is 23.8 Å². The van der Waals surface area contributed by atoms with Gasteiger partial charge in [0.25, 0.3) is 0 Å². The van der Waals surface area contributed by atoms with Crippen molar-refractivity contribution < 1.29 is 18.9 Å². The molecule has 1 aromatic rings. The minimum atomic E-state index is -0.508. The fourth-order valence-corrected chi connectivity index (χ4v) is 1.71. The number of hydrazine groups is 1. The van der Waals surface area contributed by atoms with Crippen LogP contribution in [-0.4, -0.2) is 34.7 Å². The number of hydrogen-bond acceptors (Lipinski definition) is 6. The average molecular weight is 256 g/mol. The lowest BCUT2D eigenvalue weighted by Crippen LogP contribution is -2.38. The molecule has 0 bridgehead atoms. The molecule has 102 valence electrons. The first-order valence-corrected chi connectivity index (χ1v) is 5.44. The van der Waals surface area contributed by atoms with E-state index in [-0.39, 0.29) is 6.04 Å². The molecule has 0 saturated carbocycles. The van der Waals surface area contributed by atoms with Gasteiger partial charge < -0.3 is 18.9 Å². The van der Waals surface area contributed by atoms with E-state index in [1.807, 2.05) is 12.1 Å². The van der Waals surface area contributed by atoms with E-state index in [0.717, 1.165) is 5.56 Å². The summed E-state index contributed by atoms with van der Waals surface area (Å²) in [4.78, 5) is 0. The Bertz CT molecular complexity index is 347. The third-order valence-electron chi connectivity index (χ3n) is 2.65. The van der Waals surface area contributed by atoms with E-state index >= 15 is 0 Å². The van der Waals surface area contributed by atoms with E-state index in [4.69, 9.17) is 24.8 Å². The molecule has 0 aliphatic heterocycles. The van der Waals surface area contributed by atoms with E-state index in [1.54, 1.807) is 34.5 Å². The molecule has 0 spiro atoms. The van der Waals surface area contributed by atoms with Crippen LogP contribution < -0.4 is 20.7 Å². The molecular weight excluding hydrogens is 236 g/mol. The SMILES string of the molecule is COc1cc(OC)cc(C(NN)C(OC)OC)c1. The molecule has 1 unspecified atom stereocenters. The van der Waals surface area contributed by atoms with Crippen LogP contribution >= 0.6 is 0 Å². The molecule has 6 nitrogen and oxygen atoms in total. The molecule has 0 radical (unpaired) electrons.